The van der Waals surface area contributed by atoms with Gasteiger partial charge in [-0.25, -0.2) is 0 Å². The molecule has 3 rings (SSSR count). The van der Waals surface area contributed by atoms with Crippen molar-refractivity contribution < 1.29 is 9.59 Å². The first-order valence-electron chi connectivity index (χ1n) is 8.90. The number of aryl methyl sites for hydroxylation is 1. The van der Waals surface area contributed by atoms with Crippen LogP contribution in [0.3, 0.4) is 0 Å². The third-order valence-corrected chi connectivity index (χ3v) is 5.04. The van der Waals surface area contributed by atoms with Crippen molar-refractivity contribution in [3.63, 3.8) is 0 Å². The summed E-state index contributed by atoms with van der Waals surface area (Å²) in [5.74, 6) is 0.571. The molecule has 24 heavy (non-hydrogen) atoms. The Morgan fingerprint density at radius 3 is 2.29 bits per heavy atom. The van der Waals surface area contributed by atoms with E-state index in [0.717, 1.165) is 24.8 Å². The fourth-order valence-corrected chi connectivity index (χ4v) is 3.44. The number of nitrogens with zero attached hydrogens (tertiary/aromatic N) is 2. The minimum absolute atomic E-state index is 0.143. The molecule has 0 saturated carbocycles. The first-order valence-corrected chi connectivity index (χ1v) is 8.90. The molecular formula is C20H26N2O2. The van der Waals surface area contributed by atoms with Crippen LogP contribution in [0.25, 0.3) is 0 Å². The quantitative estimate of drug-likeness (QED) is 0.801. The van der Waals surface area contributed by atoms with Gasteiger partial charge in [0.15, 0.2) is 0 Å². The second-order valence-electron chi connectivity index (χ2n) is 6.85. The van der Waals surface area contributed by atoms with E-state index in [2.05, 4.69) is 12.2 Å². The second-order valence-corrected chi connectivity index (χ2v) is 6.85. The lowest BCUT2D eigenvalue weighted by molar-refractivity contribution is -0.142. The Balaban J connectivity index is 1.49. The molecule has 4 nitrogen and oxygen atoms in total. The van der Waals surface area contributed by atoms with Crippen molar-refractivity contribution in [3.05, 3.63) is 47.5 Å². The highest BCUT2D eigenvalue weighted by Gasteiger charge is 2.28. The zero-order valence-electron chi connectivity index (χ0n) is 14.4. The zero-order chi connectivity index (χ0) is 16.9. The largest absolute Gasteiger partial charge is 0.339 e. The van der Waals surface area contributed by atoms with E-state index in [-0.39, 0.29) is 17.7 Å². The third-order valence-electron chi connectivity index (χ3n) is 5.04. The Morgan fingerprint density at radius 2 is 1.67 bits per heavy atom. The first kappa shape index (κ1) is 16.7. The Morgan fingerprint density at radius 1 is 1.00 bits per heavy atom. The lowest BCUT2D eigenvalue weighted by Crippen LogP contribution is -2.52. The van der Waals surface area contributed by atoms with Crippen LogP contribution in [0, 0.1) is 12.8 Å². The molecule has 1 atom stereocenters. The standard InChI is InChI=1S/C20H26N2O2/c1-16-7-9-17(10-8-16)15-19(23)21-11-13-22(14-12-21)20(24)18-5-3-2-4-6-18/h2-3,7-10,18H,4-6,11-15H2,1H3. The van der Waals surface area contributed by atoms with E-state index >= 15 is 0 Å². The fraction of sp³-hybridized carbons (Fsp3) is 0.500. The molecule has 1 fully saturated rings. The van der Waals surface area contributed by atoms with E-state index in [1.807, 2.05) is 41.0 Å². The SMILES string of the molecule is Cc1ccc(CC(=O)N2CCN(C(=O)C3CC=CCC3)CC2)cc1. The Labute approximate surface area is 144 Å². The van der Waals surface area contributed by atoms with Crippen LogP contribution in [0.1, 0.15) is 30.4 Å². The summed E-state index contributed by atoms with van der Waals surface area (Å²) in [5.41, 5.74) is 2.26. The van der Waals surface area contributed by atoms with Gasteiger partial charge in [0.2, 0.25) is 11.8 Å². The number of allylic oxidation sites excluding steroid dienone is 2. The van der Waals surface area contributed by atoms with Gasteiger partial charge in [-0.1, -0.05) is 42.0 Å². The van der Waals surface area contributed by atoms with Crippen LogP contribution in [0.5, 0.6) is 0 Å². The van der Waals surface area contributed by atoms with E-state index < -0.39 is 0 Å². The van der Waals surface area contributed by atoms with Gasteiger partial charge in [0.25, 0.3) is 0 Å². The monoisotopic (exact) mass is 326 g/mol. The minimum Gasteiger partial charge on any atom is -0.339 e. The number of rotatable bonds is 3. The van der Waals surface area contributed by atoms with Gasteiger partial charge < -0.3 is 9.80 Å². The first-order chi connectivity index (χ1) is 11.6. The molecule has 0 aromatic heterocycles. The predicted molar refractivity (Wildman–Crippen MR) is 94.5 cm³/mol. The summed E-state index contributed by atoms with van der Waals surface area (Å²) in [7, 11) is 0. The molecule has 128 valence electrons. The molecule has 1 unspecified atom stereocenters. The maximum Gasteiger partial charge on any atom is 0.227 e. The summed E-state index contributed by atoms with van der Waals surface area (Å²) in [5, 5.41) is 0. The number of amides is 2. The molecule has 2 amide bonds. The van der Waals surface area contributed by atoms with Gasteiger partial charge in [0, 0.05) is 32.1 Å². The number of carbonyl (C=O) groups is 2. The van der Waals surface area contributed by atoms with Gasteiger partial charge in [-0.05, 0) is 31.7 Å². The van der Waals surface area contributed by atoms with Crippen molar-refractivity contribution in [2.45, 2.75) is 32.6 Å². The highest BCUT2D eigenvalue weighted by Crippen LogP contribution is 2.21. The maximum atomic E-state index is 12.5. The van der Waals surface area contributed by atoms with E-state index in [4.69, 9.17) is 0 Å². The van der Waals surface area contributed by atoms with Gasteiger partial charge in [0.1, 0.15) is 0 Å². The van der Waals surface area contributed by atoms with Crippen molar-refractivity contribution in [1.29, 1.82) is 0 Å². The van der Waals surface area contributed by atoms with E-state index in [1.165, 1.54) is 5.56 Å². The molecule has 1 aliphatic carbocycles. The molecule has 1 aromatic rings. The maximum absolute atomic E-state index is 12.5. The summed E-state index contributed by atoms with van der Waals surface area (Å²) in [6, 6.07) is 8.11. The average molecular weight is 326 g/mol. The fourth-order valence-electron chi connectivity index (χ4n) is 3.44. The van der Waals surface area contributed by atoms with Crippen molar-refractivity contribution in [2.24, 2.45) is 5.92 Å². The molecule has 1 aromatic carbocycles. The van der Waals surface area contributed by atoms with Crippen LogP contribution in [-0.2, 0) is 16.0 Å². The third kappa shape index (κ3) is 4.05. The molecule has 0 bridgehead atoms. The summed E-state index contributed by atoms with van der Waals surface area (Å²) < 4.78 is 0. The van der Waals surface area contributed by atoms with Gasteiger partial charge in [0.05, 0.1) is 6.42 Å². The van der Waals surface area contributed by atoms with Crippen molar-refractivity contribution in [2.75, 3.05) is 26.2 Å². The molecule has 1 saturated heterocycles. The van der Waals surface area contributed by atoms with Gasteiger partial charge >= 0.3 is 0 Å². The van der Waals surface area contributed by atoms with Crippen LogP contribution < -0.4 is 0 Å². The van der Waals surface area contributed by atoms with Crippen LogP contribution in [0.4, 0.5) is 0 Å². The normalized spacial score (nSPS) is 21.0. The number of benzene rings is 1. The van der Waals surface area contributed by atoms with E-state index in [1.54, 1.807) is 0 Å². The van der Waals surface area contributed by atoms with Crippen LogP contribution >= 0.6 is 0 Å². The predicted octanol–water partition coefficient (Wildman–Crippen LogP) is 2.56. The highest BCUT2D eigenvalue weighted by molar-refractivity contribution is 5.81. The van der Waals surface area contributed by atoms with Crippen LogP contribution in [-0.4, -0.2) is 47.8 Å². The van der Waals surface area contributed by atoms with Gasteiger partial charge in [-0.3, -0.25) is 9.59 Å². The molecule has 0 N–H and O–H groups in total. The molecule has 4 heteroatoms. The molecule has 0 spiro atoms. The molecule has 0 radical (unpaired) electrons. The topological polar surface area (TPSA) is 40.6 Å². The van der Waals surface area contributed by atoms with Crippen molar-refractivity contribution in [3.8, 4) is 0 Å². The van der Waals surface area contributed by atoms with Crippen molar-refractivity contribution >= 4 is 11.8 Å². The number of hydrogen-bond donors (Lipinski definition) is 0. The second kappa shape index (κ2) is 7.65. The highest BCUT2D eigenvalue weighted by atomic mass is 16.2. The van der Waals surface area contributed by atoms with Crippen LogP contribution in [0.15, 0.2) is 36.4 Å². The lowest BCUT2D eigenvalue weighted by atomic mass is 9.93. The Hall–Kier alpha value is -2.10. The number of piperazine rings is 1. The minimum atomic E-state index is 0.143. The summed E-state index contributed by atoms with van der Waals surface area (Å²) >= 11 is 0. The molecular weight excluding hydrogens is 300 g/mol. The average Bonchev–Trinajstić information content (AvgIpc) is 2.64. The lowest BCUT2D eigenvalue weighted by Gasteiger charge is -2.36. The molecule has 1 heterocycles. The number of hydrogen-bond acceptors (Lipinski definition) is 2. The van der Waals surface area contributed by atoms with Crippen molar-refractivity contribution in [1.82, 2.24) is 9.80 Å². The molecule has 1 aliphatic heterocycles. The summed E-state index contributed by atoms with van der Waals surface area (Å²) in [4.78, 5) is 28.8. The van der Waals surface area contributed by atoms with E-state index in [9.17, 15) is 9.59 Å². The Kier molecular flexibility index (Phi) is 5.34. The summed E-state index contributed by atoms with van der Waals surface area (Å²) in [6.07, 6.45) is 7.55. The molecule has 2 aliphatic rings. The smallest absolute Gasteiger partial charge is 0.227 e. The van der Waals surface area contributed by atoms with Gasteiger partial charge in [-0.2, -0.15) is 0 Å². The zero-order valence-corrected chi connectivity index (χ0v) is 14.4. The number of carbonyl (C=O) groups excluding carboxylic acids is 2. The van der Waals surface area contributed by atoms with Crippen LogP contribution in [0.2, 0.25) is 0 Å². The van der Waals surface area contributed by atoms with E-state index in [0.29, 0.717) is 32.6 Å². The summed E-state index contributed by atoms with van der Waals surface area (Å²) in [6.45, 7) is 4.68. The van der Waals surface area contributed by atoms with Gasteiger partial charge in [-0.15, -0.1) is 0 Å². The Bertz CT molecular complexity index is 613.